The predicted molar refractivity (Wildman–Crippen MR) is 35.9 cm³/mol. The second-order valence-corrected chi connectivity index (χ2v) is 3.29. The van der Waals surface area contributed by atoms with Crippen LogP contribution in [0.25, 0.3) is 0 Å². The fourth-order valence-corrected chi connectivity index (χ4v) is 0.712. The van der Waals surface area contributed by atoms with E-state index >= 15 is 0 Å². The van der Waals surface area contributed by atoms with Gasteiger partial charge in [-0.15, -0.1) is 0 Å². The van der Waals surface area contributed by atoms with Crippen molar-refractivity contribution in [2.24, 2.45) is 0 Å². The Hall–Kier alpha value is 4.49. The van der Waals surface area contributed by atoms with E-state index in [1.54, 1.807) is 0 Å². The van der Waals surface area contributed by atoms with Crippen LogP contribution in [0.5, 0.6) is 0 Å². The van der Waals surface area contributed by atoms with Gasteiger partial charge in [-0.25, -0.2) is 0 Å². The van der Waals surface area contributed by atoms with Crippen LogP contribution in [0.4, 0.5) is 0 Å². The molecular formula is C3H11K3NO5P. The van der Waals surface area contributed by atoms with Crippen molar-refractivity contribution in [2.75, 3.05) is 12.8 Å². The standard InChI is InChI=1S/C3H8NO5P.3K.3H/c5-3(6)1-4-2-10(7,8)9;;;;;;/h4H,1-2H2,(H,5,6)(H2,7,8,9);;;;;;/q;3*+1;3*-1. The molecule has 0 aromatic rings. The summed E-state index contributed by atoms with van der Waals surface area (Å²) in [5, 5.41) is 10.1. The Morgan fingerprint density at radius 2 is 1.69 bits per heavy atom. The van der Waals surface area contributed by atoms with Gasteiger partial charge in [0.05, 0.1) is 12.8 Å². The van der Waals surface area contributed by atoms with E-state index in [1.165, 1.54) is 0 Å². The van der Waals surface area contributed by atoms with Gasteiger partial charge in [0.15, 0.2) is 0 Å². The van der Waals surface area contributed by atoms with Crippen molar-refractivity contribution in [3.05, 3.63) is 0 Å². The van der Waals surface area contributed by atoms with Gasteiger partial charge in [0, 0.05) is 0 Å². The van der Waals surface area contributed by atoms with E-state index < -0.39 is 26.4 Å². The van der Waals surface area contributed by atoms with Gasteiger partial charge in [-0.2, -0.15) is 0 Å². The number of carbonyl (C=O) groups is 1. The van der Waals surface area contributed by atoms with Crippen molar-refractivity contribution in [2.45, 2.75) is 0 Å². The second-order valence-electron chi connectivity index (χ2n) is 1.64. The Kier molecular flexibility index (Phi) is 29.2. The van der Waals surface area contributed by atoms with Crippen molar-refractivity contribution < 1.29 is 183 Å². The summed E-state index contributed by atoms with van der Waals surface area (Å²) in [6.45, 7) is -0.439. The summed E-state index contributed by atoms with van der Waals surface area (Å²) in [5.41, 5.74) is 0. The molecule has 0 aromatic heterocycles. The molecule has 0 rings (SSSR count). The normalized spacial score (nSPS) is 8.77. The minimum absolute atomic E-state index is 0. The third kappa shape index (κ3) is 26.2. The molecule has 0 saturated carbocycles. The van der Waals surface area contributed by atoms with E-state index in [9.17, 15) is 9.36 Å². The SMILES string of the molecule is O=C(O)CNCP(=O)(O)O.[H-].[H-].[H-].[K+].[K+].[K+]. The monoisotopic (exact) mass is 289 g/mol. The van der Waals surface area contributed by atoms with Crippen LogP contribution in [0.15, 0.2) is 0 Å². The summed E-state index contributed by atoms with van der Waals surface area (Å²) in [6, 6.07) is 0. The van der Waals surface area contributed by atoms with Crippen molar-refractivity contribution >= 4 is 13.6 Å². The van der Waals surface area contributed by atoms with E-state index in [4.69, 9.17) is 14.9 Å². The van der Waals surface area contributed by atoms with Gasteiger partial charge in [0.25, 0.3) is 0 Å². The predicted octanol–water partition coefficient (Wildman–Crippen LogP) is -9.85. The first kappa shape index (κ1) is 26.1. The van der Waals surface area contributed by atoms with E-state index in [0.717, 1.165) is 0 Å². The summed E-state index contributed by atoms with van der Waals surface area (Å²) < 4.78 is 10.1. The minimum Gasteiger partial charge on any atom is -1.00 e. The third-order valence-corrected chi connectivity index (χ3v) is 1.23. The first-order valence-electron chi connectivity index (χ1n) is 2.39. The van der Waals surface area contributed by atoms with Gasteiger partial charge in [-0.3, -0.25) is 14.7 Å². The molecule has 4 N–H and O–H groups in total. The molecule has 0 aromatic carbocycles. The number of carboxylic acids is 1. The number of hydrogen-bond donors (Lipinski definition) is 4. The zero-order chi connectivity index (χ0) is 8.20. The summed E-state index contributed by atoms with van der Waals surface area (Å²) in [7, 11) is -4.10. The molecule has 0 spiro atoms. The van der Waals surface area contributed by atoms with Gasteiger partial charge in [-0.1, -0.05) is 0 Å². The molecule has 0 aliphatic carbocycles. The molecule has 66 valence electrons. The van der Waals surface area contributed by atoms with Gasteiger partial charge >= 0.3 is 168 Å². The Morgan fingerprint density at radius 3 is 1.92 bits per heavy atom. The first-order valence-corrected chi connectivity index (χ1v) is 4.18. The minimum atomic E-state index is -4.10. The average molecular weight is 289 g/mol. The van der Waals surface area contributed by atoms with Crippen LogP contribution >= 0.6 is 7.60 Å². The second kappa shape index (κ2) is 14.5. The van der Waals surface area contributed by atoms with Crippen LogP contribution in [0, 0.1) is 0 Å². The summed E-state index contributed by atoms with van der Waals surface area (Å²) in [6.07, 6.45) is -0.598. The van der Waals surface area contributed by atoms with Crippen molar-refractivity contribution in [1.29, 1.82) is 0 Å². The summed E-state index contributed by atoms with van der Waals surface area (Å²) in [5.74, 6) is -1.14. The molecule has 0 fully saturated rings. The topological polar surface area (TPSA) is 107 Å². The number of hydrogen-bond acceptors (Lipinski definition) is 3. The van der Waals surface area contributed by atoms with E-state index in [2.05, 4.69) is 5.32 Å². The molecule has 0 radical (unpaired) electrons. The molecule has 13 heavy (non-hydrogen) atoms. The Bertz CT molecular complexity index is 184. The van der Waals surface area contributed by atoms with Crippen LogP contribution < -0.4 is 159 Å². The van der Waals surface area contributed by atoms with E-state index in [0.29, 0.717) is 0 Å². The number of carboxylic acid groups (broad SMARTS) is 1. The fraction of sp³-hybridized carbons (Fsp3) is 0.667. The molecule has 0 atom stereocenters. The zero-order valence-electron chi connectivity index (χ0n) is 11.0. The molecule has 0 aliphatic heterocycles. The molecule has 10 heteroatoms. The molecule has 0 heterocycles. The summed E-state index contributed by atoms with van der Waals surface area (Å²) in [4.78, 5) is 26.1. The van der Waals surface area contributed by atoms with Gasteiger partial charge in [0.2, 0.25) is 0 Å². The molecule has 0 unspecified atom stereocenters. The van der Waals surface area contributed by atoms with Crippen molar-refractivity contribution in [1.82, 2.24) is 5.32 Å². The van der Waals surface area contributed by atoms with Crippen LogP contribution in [-0.2, 0) is 9.36 Å². The maximum Gasteiger partial charge on any atom is 1.00 e. The van der Waals surface area contributed by atoms with Crippen LogP contribution in [-0.4, -0.2) is 33.7 Å². The summed E-state index contributed by atoms with van der Waals surface area (Å²) >= 11 is 0. The number of aliphatic carboxylic acids is 1. The van der Waals surface area contributed by atoms with Gasteiger partial charge < -0.3 is 19.2 Å². The van der Waals surface area contributed by atoms with Gasteiger partial charge in [0.1, 0.15) is 0 Å². The molecule has 0 aliphatic rings. The fourth-order valence-electron chi connectivity index (χ4n) is 0.308. The maximum absolute atomic E-state index is 10.1. The van der Waals surface area contributed by atoms with Crippen LogP contribution in [0.2, 0.25) is 0 Å². The largest absolute Gasteiger partial charge is 1.00 e. The van der Waals surface area contributed by atoms with Crippen LogP contribution in [0.1, 0.15) is 4.28 Å². The molecule has 0 amide bonds. The molecule has 0 saturated heterocycles. The Labute approximate surface area is 208 Å². The number of nitrogens with one attached hydrogen (secondary N) is 1. The smallest absolute Gasteiger partial charge is 1.00 e. The Balaban J connectivity index is -0.0000000270. The molecule has 0 bridgehead atoms. The maximum atomic E-state index is 10.1. The van der Waals surface area contributed by atoms with Crippen molar-refractivity contribution in [3.63, 3.8) is 0 Å². The number of rotatable bonds is 4. The van der Waals surface area contributed by atoms with E-state index in [1.807, 2.05) is 0 Å². The van der Waals surface area contributed by atoms with Crippen LogP contribution in [0.3, 0.4) is 0 Å². The van der Waals surface area contributed by atoms with E-state index in [-0.39, 0.29) is 158 Å². The third-order valence-electron chi connectivity index (χ3n) is 0.594. The average Bonchev–Trinajstić information content (AvgIpc) is 1.59. The van der Waals surface area contributed by atoms with Crippen molar-refractivity contribution in [3.8, 4) is 0 Å². The van der Waals surface area contributed by atoms with Gasteiger partial charge in [-0.05, 0) is 0 Å². The molecule has 6 nitrogen and oxygen atoms in total. The Morgan fingerprint density at radius 1 is 1.31 bits per heavy atom. The quantitative estimate of drug-likeness (QED) is 0.302. The zero-order valence-corrected chi connectivity index (χ0v) is 18.3. The molecular weight excluding hydrogens is 278 g/mol. The first-order chi connectivity index (χ1) is 4.42.